The number of rotatable bonds is 3. The van der Waals surface area contributed by atoms with Crippen molar-refractivity contribution in [1.82, 2.24) is 14.8 Å². The van der Waals surface area contributed by atoms with Crippen LogP contribution in [0.2, 0.25) is 20.0 Å². The van der Waals surface area contributed by atoms with Crippen LogP contribution in [0.4, 0.5) is 0 Å². The van der Waals surface area contributed by atoms with Crippen LogP contribution in [0.1, 0.15) is 25.5 Å². The van der Waals surface area contributed by atoms with Gasteiger partial charge in [-0.15, -0.1) is 0 Å². The fourth-order valence-electron chi connectivity index (χ4n) is 2.63. The summed E-state index contributed by atoms with van der Waals surface area (Å²) in [6.45, 7) is 0.815. The number of pyridine rings is 1. The third-order valence-electron chi connectivity index (χ3n) is 3.98. The van der Waals surface area contributed by atoms with Crippen LogP contribution in [-0.2, 0) is 4.74 Å². The van der Waals surface area contributed by atoms with Gasteiger partial charge in [0.1, 0.15) is 0 Å². The Labute approximate surface area is 140 Å². The van der Waals surface area contributed by atoms with Gasteiger partial charge in [0.15, 0.2) is 0 Å². The molecule has 1 fully saturated rings. The van der Waals surface area contributed by atoms with Crippen molar-refractivity contribution in [3.05, 3.63) is 29.7 Å². The fourth-order valence-corrected chi connectivity index (χ4v) is 6.04. The molecule has 0 bridgehead atoms. The van der Waals surface area contributed by atoms with Gasteiger partial charge < -0.3 is 0 Å². The zero-order valence-electron chi connectivity index (χ0n) is 13.3. The van der Waals surface area contributed by atoms with E-state index in [1.807, 2.05) is 17.1 Å². The van der Waals surface area contributed by atoms with Crippen LogP contribution in [0, 0.1) is 0 Å². The van der Waals surface area contributed by atoms with E-state index in [0.29, 0.717) is 5.15 Å². The topological polar surface area (TPSA) is 39.9 Å². The maximum absolute atomic E-state index is 6.42. The molecule has 22 heavy (non-hydrogen) atoms. The standard InChI is InChI=1S/C13H13ClN3O.3CH3.Sn/c14-13-11(4-3-6-15-13)10-8-16-17(9-10)12-5-1-2-7-18-12;;;;/h3-4,8-9,12H,1-2,5,7H2;3*1H3;. The summed E-state index contributed by atoms with van der Waals surface area (Å²) in [5.41, 5.74) is 1.95. The van der Waals surface area contributed by atoms with Crippen molar-refractivity contribution in [2.24, 2.45) is 0 Å². The van der Waals surface area contributed by atoms with Crippen LogP contribution in [0.15, 0.2) is 24.5 Å². The minimum absolute atomic E-state index is 0.0549. The van der Waals surface area contributed by atoms with E-state index in [0.717, 1.165) is 30.6 Å². The molecular weight excluding hydrogens is 404 g/mol. The van der Waals surface area contributed by atoms with Crippen molar-refractivity contribution in [2.75, 3.05) is 6.61 Å². The first-order chi connectivity index (χ1) is 10.4. The van der Waals surface area contributed by atoms with Gasteiger partial charge in [0.05, 0.1) is 0 Å². The summed E-state index contributed by atoms with van der Waals surface area (Å²) in [5.74, 6) is 0. The zero-order chi connectivity index (χ0) is 15.7. The molecule has 0 aliphatic carbocycles. The average molecular weight is 427 g/mol. The van der Waals surface area contributed by atoms with Crippen LogP contribution < -0.4 is 3.71 Å². The molecule has 0 saturated carbocycles. The predicted octanol–water partition coefficient (Wildman–Crippen LogP) is 3.84. The Balaban J connectivity index is 1.87. The van der Waals surface area contributed by atoms with E-state index in [1.54, 1.807) is 0 Å². The molecule has 2 aromatic rings. The Hall–Kier alpha value is -0.591. The monoisotopic (exact) mass is 427 g/mol. The van der Waals surface area contributed by atoms with Crippen molar-refractivity contribution < 1.29 is 4.74 Å². The molecule has 118 valence electrons. The molecule has 1 aliphatic rings. The molecule has 4 nitrogen and oxygen atoms in total. The molecule has 2 aromatic heterocycles. The molecule has 3 rings (SSSR count). The van der Waals surface area contributed by atoms with Gasteiger partial charge in [0, 0.05) is 0 Å². The van der Waals surface area contributed by atoms with Crippen LogP contribution in [0.5, 0.6) is 0 Å². The second kappa shape index (κ2) is 6.49. The van der Waals surface area contributed by atoms with Crippen molar-refractivity contribution in [3.8, 4) is 11.1 Å². The van der Waals surface area contributed by atoms with Gasteiger partial charge in [0.2, 0.25) is 0 Å². The van der Waals surface area contributed by atoms with Crippen molar-refractivity contribution >= 4 is 33.7 Å². The number of hydrogen-bond donors (Lipinski definition) is 0. The van der Waals surface area contributed by atoms with Crippen LogP contribution in [0.25, 0.3) is 11.1 Å². The van der Waals surface area contributed by atoms with E-state index in [1.165, 1.54) is 10.1 Å². The summed E-state index contributed by atoms with van der Waals surface area (Å²) in [6, 6.07) is 4.21. The molecular formula is C16H22ClN3OSn. The molecule has 0 spiro atoms. The SMILES string of the molecule is [CH3][Sn]([CH3])([CH3])[c]1ccc(-c2cnn(C3CCCCO3)c2)c(Cl)n1. The van der Waals surface area contributed by atoms with Gasteiger partial charge in [-0.1, -0.05) is 0 Å². The molecule has 1 saturated heterocycles. The van der Waals surface area contributed by atoms with E-state index in [2.05, 4.69) is 37.0 Å². The molecule has 6 heteroatoms. The van der Waals surface area contributed by atoms with Gasteiger partial charge >= 0.3 is 141 Å². The van der Waals surface area contributed by atoms with Crippen molar-refractivity contribution in [1.29, 1.82) is 0 Å². The summed E-state index contributed by atoms with van der Waals surface area (Å²) in [6.07, 6.45) is 7.26. The fraction of sp³-hybridized carbons (Fsp3) is 0.500. The third kappa shape index (κ3) is 3.49. The Morgan fingerprint density at radius 2 is 2.09 bits per heavy atom. The quantitative estimate of drug-likeness (QED) is 0.553. The second-order valence-electron chi connectivity index (χ2n) is 6.82. The van der Waals surface area contributed by atoms with E-state index < -0.39 is 18.4 Å². The Morgan fingerprint density at radius 1 is 1.27 bits per heavy atom. The number of ether oxygens (including phenoxy) is 1. The Bertz CT molecular complexity index is 660. The molecule has 0 N–H and O–H groups in total. The molecule has 0 amide bonds. The first kappa shape index (κ1) is 16.3. The summed E-state index contributed by atoms with van der Waals surface area (Å²) in [7, 11) is 0. The molecule has 0 aromatic carbocycles. The van der Waals surface area contributed by atoms with Crippen LogP contribution >= 0.6 is 11.6 Å². The molecule has 3 heterocycles. The van der Waals surface area contributed by atoms with Gasteiger partial charge in [-0.3, -0.25) is 0 Å². The van der Waals surface area contributed by atoms with E-state index in [4.69, 9.17) is 16.3 Å². The van der Waals surface area contributed by atoms with Gasteiger partial charge in [0.25, 0.3) is 0 Å². The first-order valence-corrected chi connectivity index (χ1v) is 18.1. The number of hydrogen-bond acceptors (Lipinski definition) is 3. The first-order valence-electron chi connectivity index (χ1n) is 7.78. The molecule has 0 radical (unpaired) electrons. The van der Waals surface area contributed by atoms with Crippen molar-refractivity contribution in [2.45, 2.75) is 40.3 Å². The number of nitrogens with zero attached hydrogens (tertiary/aromatic N) is 3. The summed E-state index contributed by atoms with van der Waals surface area (Å²) >= 11 is 4.24. The molecule has 1 atom stereocenters. The summed E-state index contributed by atoms with van der Waals surface area (Å²) < 4.78 is 8.87. The third-order valence-corrected chi connectivity index (χ3v) is 9.45. The summed E-state index contributed by atoms with van der Waals surface area (Å²) in [5, 5.41) is 5.02. The van der Waals surface area contributed by atoms with E-state index >= 15 is 0 Å². The molecule has 1 unspecified atom stereocenters. The summed E-state index contributed by atoms with van der Waals surface area (Å²) in [4.78, 5) is 11.6. The van der Waals surface area contributed by atoms with Crippen LogP contribution in [0.3, 0.4) is 0 Å². The van der Waals surface area contributed by atoms with Gasteiger partial charge in [-0.05, 0) is 0 Å². The maximum atomic E-state index is 6.42. The Kier molecular flexibility index (Phi) is 4.80. The predicted molar refractivity (Wildman–Crippen MR) is 92.3 cm³/mol. The average Bonchev–Trinajstić information content (AvgIpc) is 2.96. The Morgan fingerprint density at radius 3 is 2.73 bits per heavy atom. The van der Waals surface area contributed by atoms with E-state index in [-0.39, 0.29) is 6.23 Å². The minimum atomic E-state index is -2.18. The number of aromatic nitrogens is 3. The van der Waals surface area contributed by atoms with E-state index in [9.17, 15) is 0 Å². The second-order valence-corrected chi connectivity index (χ2v) is 21.5. The van der Waals surface area contributed by atoms with Crippen LogP contribution in [-0.4, -0.2) is 39.7 Å². The van der Waals surface area contributed by atoms with Gasteiger partial charge in [-0.25, -0.2) is 0 Å². The zero-order valence-corrected chi connectivity index (χ0v) is 17.0. The van der Waals surface area contributed by atoms with Gasteiger partial charge in [-0.2, -0.15) is 0 Å². The van der Waals surface area contributed by atoms with Crippen molar-refractivity contribution in [3.63, 3.8) is 0 Å². The number of halogens is 1. The molecule has 1 aliphatic heterocycles. The normalized spacial score (nSPS) is 19.4.